The summed E-state index contributed by atoms with van der Waals surface area (Å²) in [6, 6.07) is 8.77. The molecule has 1 amide bonds. The van der Waals surface area contributed by atoms with Crippen LogP contribution in [0.3, 0.4) is 0 Å². The topological polar surface area (TPSA) is 96.1 Å². The van der Waals surface area contributed by atoms with E-state index in [-0.39, 0.29) is 23.3 Å². The first kappa shape index (κ1) is 15.7. The number of amides is 1. The van der Waals surface area contributed by atoms with E-state index in [1.54, 1.807) is 12.1 Å². The second kappa shape index (κ2) is 5.81. The molecular weight excluding hydrogens is 316 g/mol. The van der Waals surface area contributed by atoms with Crippen molar-refractivity contribution in [3.05, 3.63) is 46.2 Å². The zero-order valence-electron chi connectivity index (χ0n) is 12.7. The number of aromatic amines is 1. The van der Waals surface area contributed by atoms with Crippen LogP contribution in [-0.2, 0) is 9.84 Å². The average molecular weight is 334 g/mol. The molecule has 7 heteroatoms. The minimum absolute atomic E-state index is 0.0693. The van der Waals surface area contributed by atoms with E-state index in [1.807, 2.05) is 18.2 Å². The molecule has 1 aromatic carbocycles. The lowest BCUT2D eigenvalue weighted by molar-refractivity contribution is 0.0895. The summed E-state index contributed by atoms with van der Waals surface area (Å²) in [5.41, 5.74) is 0.342. The highest BCUT2D eigenvalue weighted by atomic mass is 32.2. The number of para-hydroxylation sites is 1. The van der Waals surface area contributed by atoms with E-state index >= 15 is 0 Å². The Kier molecular flexibility index (Phi) is 3.97. The minimum atomic E-state index is -2.99. The summed E-state index contributed by atoms with van der Waals surface area (Å²) < 4.78 is 22.4. The first-order chi connectivity index (χ1) is 10.8. The van der Waals surface area contributed by atoms with Gasteiger partial charge in [0.1, 0.15) is 15.4 Å². The number of carbonyl (C=O) groups excluding carboxylic acids is 1. The number of nitrogens with one attached hydrogen (secondary N) is 2. The molecule has 1 aromatic heterocycles. The van der Waals surface area contributed by atoms with Crippen LogP contribution in [0.2, 0.25) is 0 Å². The van der Waals surface area contributed by atoms with Gasteiger partial charge in [0.05, 0.1) is 5.75 Å². The van der Waals surface area contributed by atoms with E-state index < -0.39 is 21.3 Å². The molecule has 3 rings (SSSR count). The summed E-state index contributed by atoms with van der Waals surface area (Å²) in [4.78, 5) is 27.0. The normalized spacial score (nSPS) is 20.9. The van der Waals surface area contributed by atoms with Crippen LogP contribution in [-0.4, -0.2) is 37.4 Å². The van der Waals surface area contributed by atoms with Crippen molar-refractivity contribution in [3.63, 3.8) is 0 Å². The molecule has 0 radical (unpaired) electrons. The molecule has 0 unspecified atom stereocenters. The number of hydrogen-bond acceptors (Lipinski definition) is 4. The number of rotatable bonds is 4. The Morgan fingerprint density at radius 2 is 2.00 bits per heavy atom. The van der Waals surface area contributed by atoms with E-state index in [9.17, 15) is 18.0 Å². The Labute approximate surface area is 133 Å². The quantitative estimate of drug-likeness (QED) is 0.874. The summed E-state index contributed by atoms with van der Waals surface area (Å²) in [6.45, 7) is 0. The fraction of sp³-hybridized carbons (Fsp3) is 0.375. The Morgan fingerprint density at radius 3 is 2.70 bits per heavy atom. The van der Waals surface area contributed by atoms with Gasteiger partial charge in [-0.05, 0) is 36.3 Å². The van der Waals surface area contributed by atoms with Crippen molar-refractivity contribution < 1.29 is 13.2 Å². The predicted octanol–water partition coefficient (Wildman–Crippen LogP) is 1.08. The Hall–Kier alpha value is -2.15. The summed E-state index contributed by atoms with van der Waals surface area (Å²) in [7, 11) is -2.99. The maximum atomic E-state index is 12.3. The van der Waals surface area contributed by atoms with Crippen molar-refractivity contribution >= 4 is 26.6 Å². The smallest absolute Gasteiger partial charge is 0.261 e. The monoisotopic (exact) mass is 334 g/mol. The molecule has 0 saturated heterocycles. The predicted molar refractivity (Wildman–Crippen MR) is 88.3 cm³/mol. The number of fused-ring (bicyclic) bond motifs is 1. The molecule has 2 N–H and O–H groups in total. The number of carbonyl (C=O) groups is 1. The van der Waals surface area contributed by atoms with E-state index in [4.69, 9.17) is 0 Å². The SMILES string of the molecule is CS(=O)(=O)CC1CC(NC(=O)c2cc3ccccc3[nH]c2=O)C1. The number of sulfone groups is 1. The van der Waals surface area contributed by atoms with Gasteiger partial charge in [0, 0.05) is 17.8 Å². The molecule has 6 nitrogen and oxygen atoms in total. The Balaban J connectivity index is 1.68. The van der Waals surface area contributed by atoms with Crippen molar-refractivity contribution in [1.82, 2.24) is 10.3 Å². The maximum absolute atomic E-state index is 12.3. The third-order valence-electron chi connectivity index (χ3n) is 4.11. The second-order valence-electron chi connectivity index (χ2n) is 6.20. The zero-order chi connectivity index (χ0) is 16.6. The fourth-order valence-corrected chi connectivity index (χ4v) is 4.13. The van der Waals surface area contributed by atoms with E-state index in [2.05, 4.69) is 10.3 Å². The first-order valence-electron chi connectivity index (χ1n) is 7.42. The van der Waals surface area contributed by atoms with Crippen molar-refractivity contribution in [2.45, 2.75) is 18.9 Å². The van der Waals surface area contributed by atoms with Gasteiger partial charge in [-0.2, -0.15) is 0 Å². The van der Waals surface area contributed by atoms with Gasteiger partial charge in [-0.25, -0.2) is 8.42 Å². The molecule has 0 bridgehead atoms. The number of aromatic nitrogens is 1. The minimum Gasteiger partial charge on any atom is -0.349 e. The summed E-state index contributed by atoms with van der Waals surface area (Å²) in [6.07, 6.45) is 2.47. The first-order valence-corrected chi connectivity index (χ1v) is 9.48. The largest absolute Gasteiger partial charge is 0.349 e. The van der Waals surface area contributed by atoms with Crippen LogP contribution in [0, 0.1) is 5.92 Å². The standard InChI is InChI=1S/C16H18N2O4S/c1-23(21,22)9-10-6-12(7-10)17-15(19)13-8-11-4-2-3-5-14(11)18-16(13)20/h2-5,8,10,12H,6-7,9H2,1H3,(H,17,19)(H,18,20). The lowest BCUT2D eigenvalue weighted by Crippen LogP contribution is -2.47. The molecule has 0 atom stereocenters. The highest BCUT2D eigenvalue weighted by Crippen LogP contribution is 2.28. The number of benzene rings is 1. The molecule has 0 spiro atoms. The number of H-pyrrole nitrogens is 1. The number of hydrogen-bond donors (Lipinski definition) is 2. The van der Waals surface area contributed by atoms with Crippen LogP contribution >= 0.6 is 0 Å². The van der Waals surface area contributed by atoms with Gasteiger partial charge in [-0.1, -0.05) is 18.2 Å². The highest BCUT2D eigenvalue weighted by Gasteiger charge is 2.32. The van der Waals surface area contributed by atoms with Gasteiger partial charge in [0.15, 0.2) is 0 Å². The molecule has 1 aliphatic rings. The molecule has 1 aliphatic carbocycles. The van der Waals surface area contributed by atoms with E-state index in [0.717, 1.165) is 5.39 Å². The van der Waals surface area contributed by atoms with Crippen molar-refractivity contribution in [1.29, 1.82) is 0 Å². The van der Waals surface area contributed by atoms with Crippen LogP contribution in [0.4, 0.5) is 0 Å². The van der Waals surface area contributed by atoms with Gasteiger partial charge >= 0.3 is 0 Å². The van der Waals surface area contributed by atoms with Gasteiger partial charge < -0.3 is 10.3 Å². The number of pyridine rings is 1. The summed E-state index contributed by atoms with van der Waals surface area (Å²) in [5.74, 6) is -0.180. The van der Waals surface area contributed by atoms with Gasteiger partial charge in [0.2, 0.25) is 0 Å². The Morgan fingerprint density at radius 1 is 1.30 bits per heavy atom. The molecule has 1 heterocycles. The van der Waals surface area contributed by atoms with Crippen LogP contribution in [0.1, 0.15) is 23.2 Å². The third kappa shape index (κ3) is 3.61. The molecule has 0 aliphatic heterocycles. The molecule has 1 fully saturated rings. The van der Waals surface area contributed by atoms with Crippen LogP contribution < -0.4 is 10.9 Å². The van der Waals surface area contributed by atoms with Crippen molar-refractivity contribution in [3.8, 4) is 0 Å². The molecule has 1 saturated carbocycles. The van der Waals surface area contributed by atoms with E-state index in [1.165, 1.54) is 6.26 Å². The summed E-state index contributed by atoms with van der Waals surface area (Å²) >= 11 is 0. The summed E-state index contributed by atoms with van der Waals surface area (Å²) in [5, 5.41) is 3.59. The highest BCUT2D eigenvalue weighted by molar-refractivity contribution is 7.90. The van der Waals surface area contributed by atoms with Gasteiger partial charge in [-0.15, -0.1) is 0 Å². The van der Waals surface area contributed by atoms with Crippen LogP contribution in [0.25, 0.3) is 10.9 Å². The lowest BCUT2D eigenvalue weighted by atomic mass is 9.81. The molecular formula is C16H18N2O4S. The zero-order valence-corrected chi connectivity index (χ0v) is 13.5. The maximum Gasteiger partial charge on any atom is 0.261 e. The van der Waals surface area contributed by atoms with Gasteiger partial charge in [0.25, 0.3) is 11.5 Å². The van der Waals surface area contributed by atoms with Crippen molar-refractivity contribution in [2.24, 2.45) is 5.92 Å². The fourth-order valence-electron chi connectivity index (χ4n) is 3.00. The van der Waals surface area contributed by atoms with Gasteiger partial charge in [-0.3, -0.25) is 9.59 Å². The van der Waals surface area contributed by atoms with Crippen LogP contribution in [0.5, 0.6) is 0 Å². The third-order valence-corrected chi connectivity index (χ3v) is 5.18. The Bertz CT molecular complexity index is 911. The lowest BCUT2D eigenvalue weighted by Gasteiger charge is -2.35. The molecule has 122 valence electrons. The molecule has 2 aromatic rings. The average Bonchev–Trinajstić information content (AvgIpc) is 2.42. The van der Waals surface area contributed by atoms with Crippen molar-refractivity contribution in [2.75, 3.05) is 12.0 Å². The molecule has 23 heavy (non-hydrogen) atoms. The second-order valence-corrected chi connectivity index (χ2v) is 8.38. The van der Waals surface area contributed by atoms with Crippen LogP contribution in [0.15, 0.2) is 35.1 Å². The van der Waals surface area contributed by atoms with E-state index in [0.29, 0.717) is 18.4 Å².